The summed E-state index contributed by atoms with van der Waals surface area (Å²) < 4.78 is 5.60. The summed E-state index contributed by atoms with van der Waals surface area (Å²) in [5.41, 5.74) is 1.41. The minimum Gasteiger partial charge on any atom is -0.505 e. The molecule has 0 spiro atoms. The van der Waals surface area contributed by atoms with E-state index in [0.29, 0.717) is 12.1 Å². The van der Waals surface area contributed by atoms with E-state index in [4.69, 9.17) is 27.9 Å². The molecular weight excluding hydrogens is 313 g/mol. The number of halogens is 2. The summed E-state index contributed by atoms with van der Waals surface area (Å²) in [7, 11) is 0. The number of hydrogen-bond acceptors (Lipinski definition) is 3. The molecule has 0 aromatic heterocycles. The van der Waals surface area contributed by atoms with Crippen LogP contribution in [0.1, 0.15) is 5.56 Å². The van der Waals surface area contributed by atoms with Gasteiger partial charge in [-0.05, 0) is 23.8 Å². The maximum absolute atomic E-state index is 12.2. The van der Waals surface area contributed by atoms with Gasteiger partial charge in [-0.15, -0.1) is 0 Å². The van der Waals surface area contributed by atoms with Crippen LogP contribution in [0.4, 0.5) is 5.69 Å². The molecule has 1 atom stereocenters. The summed E-state index contributed by atoms with van der Waals surface area (Å²) in [5, 5.41) is 12.3. The molecule has 3 rings (SSSR count). The standard InChI is InChI=1S/C15H11Cl2NO3/c16-10-6-9(7-11(17)14(10)19)18-15(20)13-5-8-3-1-2-4-12(8)21-13/h1-4,6-7,13,19H,5H2,(H,18,20). The number of nitrogens with one attached hydrogen (secondary N) is 1. The number of rotatable bonds is 2. The second kappa shape index (κ2) is 5.47. The molecule has 4 nitrogen and oxygen atoms in total. The van der Waals surface area contributed by atoms with Crippen molar-refractivity contribution >= 4 is 34.8 Å². The molecule has 0 bridgehead atoms. The Balaban J connectivity index is 1.74. The van der Waals surface area contributed by atoms with E-state index in [0.717, 1.165) is 11.3 Å². The van der Waals surface area contributed by atoms with Crippen LogP contribution in [-0.2, 0) is 11.2 Å². The summed E-state index contributed by atoms with van der Waals surface area (Å²) in [6, 6.07) is 10.4. The molecule has 0 radical (unpaired) electrons. The highest BCUT2D eigenvalue weighted by Crippen LogP contribution is 2.35. The lowest BCUT2D eigenvalue weighted by molar-refractivity contribution is -0.122. The minimum atomic E-state index is -0.589. The van der Waals surface area contributed by atoms with Crippen molar-refractivity contribution in [2.45, 2.75) is 12.5 Å². The quantitative estimate of drug-likeness (QED) is 0.829. The van der Waals surface area contributed by atoms with E-state index in [1.807, 2.05) is 24.3 Å². The van der Waals surface area contributed by atoms with Crippen LogP contribution in [0.5, 0.6) is 11.5 Å². The van der Waals surface area contributed by atoms with Gasteiger partial charge in [0.2, 0.25) is 0 Å². The molecule has 0 saturated carbocycles. The van der Waals surface area contributed by atoms with E-state index in [1.54, 1.807) is 0 Å². The fraction of sp³-hybridized carbons (Fsp3) is 0.133. The van der Waals surface area contributed by atoms with E-state index in [2.05, 4.69) is 5.32 Å². The third kappa shape index (κ3) is 2.77. The van der Waals surface area contributed by atoms with Gasteiger partial charge in [0.25, 0.3) is 5.91 Å². The molecule has 1 amide bonds. The van der Waals surface area contributed by atoms with Crippen molar-refractivity contribution in [3.05, 3.63) is 52.0 Å². The number of hydrogen-bond donors (Lipinski definition) is 2. The number of fused-ring (bicyclic) bond motifs is 1. The first-order valence-corrected chi connectivity index (χ1v) is 7.03. The van der Waals surface area contributed by atoms with Crippen LogP contribution in [0.25, 0.3) is 0 Å². The Morgan fingerprint density at radius 2 is 1.90 bits per heavy atom. The van der Waals surface area contributed by atoms with Gasteiger partial charge in [-0.25, -0.2) is 0 Å². The van der Waals surface area contributed by atoms with Crippen molar-refractivity contribution in [2.24, 2.45) is 0 Å². The zero-order chi connectivity index (χ0) is 15.0. The Labute approximate surface area is 131 Å². The normalized spacial score (nSPS) is 16.2. The van der Waals surface area contributed by atoms with Gasteiger partial charge in [0.15, 0.2) is 11.9 Å². The van der Waals surface area contributed by atoms with Gasteiger partial charge in [-0.2, -0.15) is 0 Å². The molecule has 1 aliphatic heterocycles. The number of carbonyl (C=O) groups excluding carboxylic acids is 1. The van der Waals surface area contributed by atoms with Crippen molar-refractivity contribution in [1.82, 2.24) is 0 Å². The van der Waals surface area contributed by atoms with Crippen LogP contribution in [0, 0.1) is 0 Å². The average molecular weight is 324 g/mol. The van der Waals surface area contributed by atoms with E-state index < -0.39 is 6.10 Å². The smallest absolute Gasteiger partial charge is 0.265 e. The molecule has 21 heavy (non-hydrogen) atoms. The highest BCUT2D eigenvalue weighted by Gasteiger charge is 2.28. The van der Waals surface area contributed by atoms with Crippen molar-refractivity contribution in [1.29, 1.82) is 0 Å². The number of amides is 1. The van der Waals surface area contributed by atoms with Crippen LogP contribution in [0.15, 0.2) is 36.4 Å². The lowest BCUT2D eigenvalue weighted by atomic mass is 10.1. The number of para-hydroxylation sites is 1. The maximum atomic E-state index is 12.2. The average Bonchev–Trinajstić information content (AvgIpc) is 2.88. The van der Waals surface area contributed by atoms with Gasteiger partial charge in [0.05, 0.1) is 10.0 Å². The Hall–Kier alpha value is -1.91. The zero-order valence-corrected chi connectivity index (χ0v) is 12.3. The summed E-state index contributed by atoms with van der Waals surface area (Å²) in [5.74, 6) is 0.226. The Morgan fingerprint density at radius 3 is 2.57 bits per heavy atom. The fourth-order valence-corrected chi connectivity index (χ4v) is 2.68. The largest absolute Gasteiger partial charge is 0.505 e. The lowest BCUT2D eigenvalue weighted by Crippen LogP contribution is -2.31. The second-order valence-corrected chi connectivity index (χ2v) is 5.51. The molecule has 1 aliphatic rings. The summed E-state index contributed by atoms with van der Waals surface area (Å²) in [6.07, 6.45) is -0.0737. The Kier molecular flexibility index (Phi) is 3.66. The molecule has 6 heteroatoms. The lowest BCUT2D eigenvalue weighted by Gasteiger charge is -2.12. The molecule has 2 aromatic carbocycles. The first-order chi connectivity index (χ1) is 10.0. The highest BCUT2D eigenvalue weighted by atomic mass is 35.5. The van der Waals surface area contributed by atoms with E-state index in [-0.39, 0.29) is 21.7 Å². The number of phenols is 1. The molecule has 0 aliphatic carbocycles. The summed E-state index contributed by atoms with van der Waals surface area (Å²) in [6.45, 7) is 0. The Bertz CT molecular complexity index is 670. The number of benzene rings is 2. The van der Waals surface area contributed by atoms with E-state index >= 15 is 0 Å². The van der Waals surface area contributed by atoms with E-state index in [9.17, 15) is 9.90 Å². The number of carbonyl (C=O) groups is 1. The van der Waals surface area contributed by atoms with Crippen LogP contribution >= 0.6 is 23.2 Å². The first-order valence-electron chi connectivity index (χ1n) is 6.28. The number of phenolic OH excluding ortho intramolecular Hbond substituents is 1. The molecule has 2 N–H and O–H groups in total. The molecule has 0 saturated heterocycles. The van der Waals surface area contributed by atoms with Crippen LogP contribution in [0.2, 0.25) is 10.0 Å². The van der Waals surface area contributed by atoms with Gasteiger partial charge < -0.3 is 15.2 Å². The molecule has 1 unspecified atom stereocenters. The van der Waals surface area contributed by atoms with Crippen LogP contribution in [0.3, 0.4) is 0 Å². The monoisotopic (exact) mass is 323 g/mol. The predicted octanol–water partition coefficient (Wildman–Crippen LogP) is 3.64. The number of anilines is 1. The first kappa shape index (κ1) is 14.0. The molecule has 1 heterocycles. The van der Waals surface area contributed by atoms with Gasteiger partial charge in [-0.1, -0.05) is 41.4 Å². The van der Waals surface area contributed by atoms with Crippen molar-refractivity contribution < 1.29 is 14.6 Å². The second-order valence-electron chi connectivity index (χ2n) is 4.70. The number of ether oxygens (including phenoxy) is 1. The SMILES string of the molecule is O=C(Nc1cc(Cl)c(O)c(Cl)c1)C1Cc2ccccc2O1. The van der Waals surface area contributed by atoms with Gasteiger partial charge in [0, 0.05) is 12.1 Å². The molecule has 108 valence electrons. The van der Waals surface area contributed by atoms with Crippen molar-refractivity contribution in [3.8, 4) is 11.5 Å². The third-order valence-corrected chi connectivity index (χ3v) is 3.80. The molecule has 0 fully saturated rings. The topological polar surface area (TPSA) is 58.6 Å². The maximum Gasteiger partial charge on any atom is 0.265 e. The summed E-state index contributed by atoms with van der Waals surface area (Å²) >= 11 is 11.6. The predicted molar refractivity (Wildman–Crippen MR) is 81.3 cm³/mol. The van der Waals surface area contributed by atoms with Crippen LogP contribution in [-0.4, -0.2) is 17.1 Å². The van der Waals surface area contributed by atoms with Gasteiger partial charge >= 0.3 is 0 Å². The highest BCUT2D eigenvalue weighted by molar-refractivity contribution is 6.37. The van der Waals surface area contributed by atoms with Crippen molar-refractivity contribution in [2.75, 3.05) is 5.32 Å². The molecular formula is C15H11Cl2NO3. The van der Waals surface area contributed by atoms with Gasteiger partial charge in [-0.3, -0.25) is 4.79 Å². The van der Waals surface area contributed by atoms with Crippen molar-refractivity contribution in [3.63, 3.8) is 0 Å². The number of aromatic hydroxyl groups is 1. The summed E-state index contributed by atoms with van der Waals surface area (Å²) in [4.78, 5) is 12.2. The zero-order valence-electron chi connectivity index (χ0n) is 10.8. The van der Waals surface area contributed by atoms with E-state index in [1.165, 1.54) is 12.1 Å². The third-order valence-electron chi connectivity index (χ3n) is 3.22. The minimum absolute atomic E-state index is 0.0772. The fourth-order valence-electron chi connectivity index (χ4n) is 2.19. The van der Waals surface area contributed by atoms with Crippen LogP contribution < -0.4 is 10.1 Å². The molecule has 2 aromatic rings. The van der Waals surface area contributed by atoms with Gasteiger partial charge in [0.1, 0.15) is 5.75 Å². The Morgan fingerprint density at radius 1 is 1.24 bits per heavy atom.